The lowest BCUT2D eigenvalue weighted by Gasteiger charge is -2.10. The molecule has 118 heavy (non-hydrogen) atoms. The van der Waals surface area contributed by atoms with Crippen LogP contribution in [-0.2, 0) is 0 Å². The van der Waals surface area contributed by atoms with Gasteiger partial charge in [0.1, 0.15) is 27.7 Å². The highest BCUT2D eigenvalue weighted by atomic mass is 32.1. The molecule has 0 N–H and O–H groups in total. The van der Waals surface area contributed by atoms with Crippen molar-refractivity contribution in [3.8, 4) is 157 Å². The Balaban J connectivity index is 0.000000147. The number of nitrogens with zero attached hydrogens (tertiary/aromatic N) is 12. The van der Waals surface area contributed by atoms with Gasteiger partial charge in [0, 0.05) is 54.4 Å². The molecule has 7 heterocycles. The lowest BCUT2D eigenvalue weighted by atomic mass is 9.97. The van der Waals surface area contributed by atoms with E-state index in [1.165, 1.54) is 42.8 Å². The first-order valence-electron chi connectivity index (χ1n) is 38.9. The molecule has 0 saturated heterocycles. The molecular formula is C104H64N12S2. The van der Waals surface area contributed by atoms with Crippen molar-refractivity contribution >= 4 is 85.5 Å². The largest absolute Gasteiger partial charge is 0.241 e. The van der Waals surface area contributed by atoms with E-state index in [-0.39, 0.29) is 0 Å². The number of aromatic nitrogens is 12. The van der Waals surface area contributed by atoms with E-state index in [9.17, 15) is 0 Å². The van der Waals surface area contributed by atoms with Crippen LogP contribution in [0.2, 0.25) is 0 Å². The van der Waals surface area contributed by atoms with Gasteiger partial charge in [-0.3, -0.25) is 0 Å². The van der Waals surface area contributed by atoms with E-state index >= 15 is 0 Å². The minimum atomic E-state index is 0.628. The Kier molecular flexibility index (Phi) is 18.4. The summed E-state index contributed by atoms with van der Waals surface area (Å²) >= 11 is 3.37. The standard InChI is InChI=1S/C53H33N5S.C51H31N7S/c1-3-9-34(10-4-1)35-23-27-42(28-24-35)52-54-51(41-11-5-2-6-12-41)55-53(56-52)43-29-25-39(26-30-43)37-17-15-36(16-18-37)38-19-21-40(22-20-38)44-31-32-48-46(33-44)49-50(59-48)45-13-7-8-14-47(45)57-58-49;1-3-9-32(10-4-1)33-21-27-40(28-22-33)49-56-48(39-11-5-2-6-12-39)57-50(58-49)41-29-23-37(24-30-41)35-17-15-34(16-18-35)36-19-25-38(26-20-36)44-47-45(53-31-52-44)46-51(59-47)55-43-14-8-7-13-42(43)54-46/h1-33H;1-31H. The van der Waals surface area contributed by atoms with E-state index in [0.29, 0.717) is 34.9 Å². The van der Waals surface area contributed by atoms with Crippen molar-refractivity contribution in [3.05, 3.63) is 389 Å². The summed E-state index contributed by atoms with van der Waals surface area (Å²) in [4.78, 5) is 49.6. The smallest absolute Gasteiger partial charge is 0.164 e. The van der Waals surface area contributed by atoms with Crippen LogP contribution < -0.4 is 0 Å². The van der Waals surface area contributed by atoms with Gasteiger partial charge in [-0.25, -0.2) is 49.8 Å². The first-order valence-corrected chi connectivity index (χ1v) is 40.5. The molecule has 0 spiro atoms. The molecule has 0 aliphatic rings. The molecule has 0 saturated carbocycles. The van der Waals surface area contributed by atoms with Gasteiger partial charge in [0.25, 0.3) is 0 Å². The highest BCUT2D eigenvalue weighted by Gasteiger charge is 2.20. The van der Waals surface area contributed by atoms with Crippen molar-refractivity contribution in [2.24, 2.45) is 0 Å². The Hall–Kier alpha value is -15.5. The topological polar surface area (TPSA) is 155 Å². The highest BCUT2D eigenvalue weighted by Crippen LogP contribution is 2.42. The van der Waals surface area contributed by atoms with Gasteiger partial charge >= 0.3 is 0 Å². The highest BCUT2D eigenvalue weighted by molar-refractivity contribution is 7.26. The first kappa shape index (κ1) is 70.4. The van der Waals surface area contributed by atoms with Crippen LogP contribution in [0.5, 0.6) is 0 Å². The monoisotopic (exact) mass is 1540 g/mol. The zero-order valence-electron chi connectivity index (χ0n) is 63.1. The Morgan fingerprint density at radius 1 is 0.178 bits per heavy atom. The summed E-state index contributed by atoms with van der Waals surface area (Å²) in [6.45, 7) is 0. The number of hydrogen-bond donors (Lipinski definition) is 0. The summed E-state index contributed by atoms with van der Waals surface area (Å²) in [6.07, 6.45) is 1.62. The van der Waals surface area contributed by atoms with E-state index in [1.54, 1.807) is 29.0 Å². The number of benzene rings is 15. The third-order valence-electron chi connectivity index (χ3n) is 21.4. The summed E-state index contributed by atoms with van der Waals surface area (Å²) in [6, 6.07) is 132. The van der Waals surface area contributed by atoms with Gasteiger partial charge in [0.15, 0.2) is 34.9 Å². The zero-order valence-corrected chi connectivity index (χ0v) is 64.8. The fraction of sp³-hybridized carbons (Fsp3) is 0. The average molecular weight is 1550 g/mol. The van der Waals surface area contributed by atoms with Gasteiger partial charge in [-0.15, -0.1) is 32.9 Å². The fourth-order valence-corrected chi connectivity index (χ4v) is 17.4. The van der Waals surface area contributed by atoms with Crippen molar-refractivity contribution in [3.63, 3.8) is 0 Å². The maximum absolute atomic E-state index is 4.98. The molecular weight excluding hydrogens is 1480 g/mol. The van der Waals surface area contributed by atoms with Gasteiger partial charge in [-0.05, 0) is 108 Å². The van der Waals surface area contributed by atoms with Crippen molar-refractivity contribution in [1.29, 1.82) is 0 Å². The summed E-state index contributed by atoms with van der Waals surface area (Å²) in [5.41, 5.74) is 28.9. The lowest BCUT2D eigenvalue weighted by Crippen LogP contribution is -2.00. The molecule has 0 bridgehead atoms. The third-order valence-corrected chi connectivity index (χ3v) is 23.7. The van der Waals surface area contributed by atoms with E-state index < -0.39 is 0 Å². The minimum Gasteiger partial charge on any atom is -0.241 e. The Labute approximate surface area is 686 Å². The lowest BCUT2D eigenvalue weighted by molar-refractivity contribution is 1.07. The van der Waals surface area contributed by atoms with Gasteiger partial charge < -0.3 is 0 Å². The molecule has 0 aliphatic heterocycles. The van der Waals surface area contributed by atoms with E-state index in [2.05, 4.69) is 288 Å². The van der Waals surface area contributed by atoms with Crippen molar-refractivity contribution < 1.29 is 0 Å². The molecule has 12 nitrogen and oxygen atoms in total. The number of fused-ring (bicyclic) bond motifs is 9. The first-order chi connectivity index (χ1) is 58.4. The fourth-order valence-electron chi connectivity index (χ4n) is 15.1. The van der Waals surface area contributed by atoms with Gasteiger partial charge in [-0.2, -0.15) is 0 Å². The number of rotatable bonds is 14. The maximum Gasteiger partial charge on any atom is 0.164 e. The number of thiophene rings is 2. The molecule has 22 aromatic rings. The summed E-state index contributed by atoms with van der Waals surface area (Å²) in [5, 5.41) is 11.4. The van der Waals surface area contributed by atoms with Crippen LogP contribution in [0.15, 0.2) is 389 Å². The summed E-state index contributed by atoms with van der Waals surface area (Å²) in [5.74, 6) is 3.82. The van der Waals surface area contributed by atoms with Gasteiger partial charge in [0.2, 0.25) is 0 Å². The predicted octanol–water partition coefficient (Wildman–Crippen LogP) is 26.5. The van der Waals surface area contributed by atoms with Gasteiger partial charge in [0.05, 0.1) is 31.6 Å². The SMILES string of the molecule is c1ccc(-c2ccc(-c3nc(-c4ccccc4)nc(-c4ccc(-c5ccc(-c6ccc(-c7ccc8sc9c%10ccccc%10nnc9c8c7)cc6)cc5)cc4)n3)cc2)cc1.c1ccc(-c2ccc(-c3nc(-c4ccccc4)nc(-c4ccc(-c5ccc(-c6ccc(-c7ncnc8c7sc7nc9ccccc9nc78)cc6)cc5)cc4)n3)cc2)cc1. The molecule has 0 fully saturated rings. The van der Waals surface area contributed by atoms with E-state index in [4.69, 9.17) is 44.9 Å². The van der Waals surface area contributed by atoms with Crippen LogP contribution in [0.4, 0.5) is 0 Å². The van der Waals surface area contributed by atoms with Crippen LogP contribution in [0.1, 0.15) is 0 Å². The third kappa shape index (κ3) is 14.0. The second kappa shape index (κ2) is 30.8. The molecule has 0 atom stereocenters. The predicted molar refractivity (Wildman–Crippen MR) is 483 cm³/mol. The molecule has 0 radical (unpaired) electrons. The number of para-hydroxylation sites is 2. The quantitative estimate of drug-likeness (QED) is 0.102. The molecule has 7 aromatic heterocycles. The van der Waals surface area contributed by atoms with Gasteiger partial charge in [-0.1, -0.05) is 352 Å². The molecule has 0 aliphatic carbocycles. The average Bonchev–Trinajstić information content (AvgIpc) is 1.58. The Bertz CT molecular complexity index is 7450. The summed E-state index contributed by atoms with van der Waals surface area (Å²) in [7, 11) is 0. The van der Waals surface area contributed by atoms with Crippen LogP contribution in [0.3, 0.4) is 0 Å². The second-order valence-corrected chi connectivity index (χ2v) is 30.8. The number of hydrogen-bond acceptors (Lipinski definition) is 14. The second-order valence-electron chi connectivity index (χ2n) is 28.8. The maximum atomic E-state index is 4.98. The van der Waals surface area contributed by atoms with Crippen LogP contribution in [0.25, 0.3) is 220 Å². The van der Waals surface area contributed by atoms with Crippen molar-refractivity contribution in [1.82, 2.24) is 60.0 Å². The summed E-state index contributed by atoms with van der Waals surface area (Å²) < 4.78 is 3.40. The molecule has 552 valence electrons. The van der Waals surface area contributed by atoms with Crippen LogP contribution >= 0.6 is 22.7 Å². The molecule has 0 unspecified atom stereocenters. The molecule has 0 amide bonds. The Morgan fingerprint density at radius 3 is 0.864 bits per heavy atom. The molecule has 14 heteroatoms. The van der Waals surface area contributed by atoms with Crippen molar-refractivity contribution in [2.45, 2.75) is 0 Å². The van der Waals surface area contributed by atoms with Crippen LogP contribution in [0, 0.1) is 0 Å². The zero-order chi connectivity index (χ0) is 78.2. The molecule has 15 aromatic carbocycles. The minimum absolute atomic E-state index is 0.628. The van der Waals surface area contributed by atoms with E-state index in [1.807, 2.05) is 109 Å². The Morgan fingerprint density at radius 2 is 0.475 bits per heavy atom. The van der Waals surface area contributed by atoms with Crippen molar-refractivity contribution in [2.75, 3.05) is 0 Å². The van der Waals surface area contributed by atoms with Crippen LogP contribution in [-0.4, -0.2) is 60.0 Å². The molecule has 22 rings (SSSR count). The van der Waals surface area contributed by atoms with E-state index in [0.717, 1.165) is 143 Å². The normalized spacial score (nSPS) is 11.4.